The van der Waals surface area contributed by atoms with Gasteiger partial charge >= 0.3 is 5.97 Å². The van der Waals surface area contributed by atoms with E-state index < -0.39 is 38.9 Å². The molecule has 0 radical (unpaired) electrons. The Hall–Kier alpha value is -2.49. The number of hydrogen-bond donors (Lipinski definition) is 2. The molecule has 0 atom stereocenters. The Balaban J connectivity index is 2.51. The van der Waals surface area contributed by atoms with Crippen LogP contribution in [-0.2, 0) is 17.1 Å². The lowest BCUT2D eigenvalue weighted by atomic mass is 10.2. The summed E-state index contributed by atoms with van der Waals surface area (Å²) in [6, 6.07) is 2.04. The van der Waals surface area contributed by atoms with Crippen LogP contribution in [0.2, 0.25) is 0 Å². The molecule has 0 fully saturated rings. The molecule has 10 heteroatoms. The van der Waals surface area contributed by atoms with Crippen molar-refractivity contribution in [3.05, 3.63) is 41.6 Å². The second-order valence-corrected chi connectivity index (χ2v) is 5.64. The highest BCUT2D eigenvalue weighted by Gasteiger charge is 2.23. The van der Waals surface area contributed by atoms with Crippen LogP contribution in [-0.4, -0.2) is 29.3 Å². The molecule has 1 heterocycles. The van der Waals surface area contributed by atoms with E-state index in [4.69, 9.17) is 5.11 Å². The summed E-state index contributed by atoms with van der Waals surface area (Å²) in [6.45, 7) is 0. The fourth-order valence-corrected chi connectivity index (χ4v) is 2.83. The van der Waals surface area contributed by atoms with Gasteiger partial charge in [-0.15, -0.1) is 0 Å². The number of nitrogens with zero attached hydrogens (tertiary/aromatic N) is 2. The van der Waals surface area contributed by atoms with Gasteiger partial charge in [0.05, 0.1) is 17.4 Å². The van der Waals surface area contributed by atoms with Crippen molar-refractivity contribution in [2.75, 3.05) is 4.72 Å². The molecule has 0 amide bonds. The quantitative estimate of drug-likeness (QED) is 0.882. The molecule has 2 N–H and O–H groups in total. The molecule has 21 heavy (non-hydrogen) atoms. The van der Waals surface area contributed by atoms with E-state index in [-0.39, 0.29) is 5.03 Å². The Labute approximate surface area is 117 Å². The van der Waals surface area contributed by atoms with Gasteiger partial charge < -0.3 is 5.11 Å². The number of halogens is 2. The highest BCUT2D eigenvalue weighted by Crippen LogP contribution is 2.23. The Morgan fingerprint density at radius 3 is 2.48 bits per heavy atom. The van der Waals surface area contributed by atoms with Crippen LogP contribution in [0, 0.1) is 11.6 Å². The predicted molar refractivity (Wildman–Crippen MR) is 67.3 cm³/mol. The van der Waals surface area contributed by atoms with Crippen LogP contribution in [0.5, 0.6) is 0 Å². The van der Waals surface area contributed by atoms with E-state index in [0.29, 0.717) is 12.1 Å². The lowest BCUT2D eigenvalue weighted by Gasteiger charge is -2.11. The van der Waals surface area contributed by atoms with E-state index in [0.717, 1.165) is 4.68 Å². The van der Waals surface area contributed by atoms with E-state index in [1.165, 1.54) is 19.3 Å². The van der Waals surface area contributed by atoms with Gasteiger partial charge in [0.1, 0.15) is 0 Å². The van der Waals surface area contributed by atoms with Crippen molar-refractivity contribution in [2.45, 2.75) is 5.03 Å². The van der Waals surface area contributed by atoms with Gasteiger partial charge in [0.2, 0.25) is 0 Å². The van der Waals surface area contributed by atoms with E-state index in [1.54, 1.807) is 0 Å². The largest absolute Gasteiger partial charge is 0.478 e. The zero-order valence-corrected chi connectivity index (χ0v) is 11.4. The fourth-order valence-electron chi connectivity index (χ4n) is 1.63. The smallest absolute Gasteiger partial charge is 0.337 e. The molecule has 2 aromatic rings. The number of benzene rings is 1. The molecule has 0 saturated heterocycles. The van der Waals surface area contributed by atoms with E-state index in [9.17, 15) is 22.0 Å². The molecule has 0 aliphatic rings. The minimum absolute atomic E-state index is 0.261. The van der Waals surface area contributed by atoms with Gasteiger partial charge in [-0.1, -0.05) is 0 Å². The number of carbonyl (C=O) groups is 1. The number of nitrogens with one attached hydrogen (secondary N) is 1. The lowest BCUT2D eigenvalue weighted by molar-refractivity contribution is 0.0697. The topological polar surface area (TPSA) is 101 Å². The zero-order valence-electron chi connectivity index (χ0n) is 10.5. The zero-order chi connectivity index (χ0) is 15.8. The molecule has 0 spiro atoms. The number of sulfonamides is 1. The molecule has 1 aromatic carbocycles. The van der Waals surface area contributed by atoms with Gasteiger partial charge in [0.15, 0.2) is 16.7 Å². The highest BCUT2D eigenvalue weighted by atomic mass is 32.2. The normalized spacial score (nSPS) is 11.4. The molecular formula is C11H9F2N3O4S. The van der Waals surface area contributed by atoms with Crippen molar-refractivity contribution < 1.29 is 27.1 Å². The number of rotatable bonds is 4. The van der Waals surface area contributed by atoms with Crippen molar-refractivity contribution in [3.8, 4) is 0 Å². The fraction of sp³-hybridized carbons (Fsp3) is 0.0909. The summed E-state index contributed by atoms with van der Waals surface area (Å²) in [5.41, 5.74) is -1.29. The highest BCUT2D eigenvalue weighted by molar-refractivity contribution is 7.92. The number of aromatic nitrogens is 2. The third-order valence-electron chi connectivity index (χ3n) is 2.59. The van der Waals surface area contributed by atoms with Crippen LogP contribution >= 0.6 is 0 Å². The lowest BCUT2D eigenvalue weighted by Crippen LogP contribution is -2.19. The SMILES string of the molecule is Cn1nccc1S(=O)(=O)Nc1cc(F)c(F)cc1C(=O)O. The molecule has 0 aliphatic carbocycles. The Morgan fingerprint density at radius 2 is 1.95 bits per heavy atom. The van der Waals surface area contributed by atoms with Crippen LogP contribution < -0.4 is 4.72 Å². The molecular weight excluding hydrogens is 308 g/mol. The maximum Gasteiger partial charge on any atom is 0.337 e. The van der Waals surface area contributed by atoms with Crippen LogP contribution in [0.25, 0.3) is 0 Å². The monoisotopic (exact) mass is 317 g/mol. The van der Waals surface area contributed by atoms with Gasteiger partial charge in [-0.2, -0.15) is 13.5 Å². The summed E-state index contributed by atoms with van der Waals surface area (Å²) in [6.07, 6.45) is 1.22. The predicted octanol–water partition coefficient (Wildman–Crippen LogP) is 1.20. The Morgan fingerprint density at radius 1 is 1.33 bits per heavy atom. The summed E-state index contributed by atoms with van der Waals surface area (Å²) in [5, 5.41) is 12.3. The second-order valence-electron chi connectivity index (χ2n) is 4.02. The first kappa shape index (κ1) is 14.9. The first-order valence-electron chi connectivity index (χ1n) is 5.45. The number of anilines is 1. The first-order valence-corrected chi connectivity index (χ1v) is 6.94. The molecule has 0 aliphatic heterocycles. The molecule has 0 bridgehead atoms. The maximum absolute atomic E-state index is 13.2. The van der Waals surface area contributed by atoms with Crippen LogP contribution in [0.3, 0.4) is 0 Å². The van der Waals surface area contributed by atoms with Crippen LogP contribution in [0.4, 0.5) is 14.5 Å². The van der Waals surface area contributed by atoms with Gasteiger partial charge in [-0.05, 0) is 12.1 Å². The summed E-state index contributed by atoms with van der Waals surface area (Å²) >= 11 is 0. The standard InChI is InChI=1S/C11H9F2N3O4S/c1-16-10(2-3-14-16)21(19,20)15-9-5-8(13)7(12)4-6(9)11(17)18/h2-5,15H,1H3,(H,17,18). The summed E-state index contributed by atoms with van der Waals surface area (Å²) in [5.74, 6) is -4.37. The van der Waals surface area contributed by atoms with Gasteiger partial charge in [-0.25, -0.2) is 13.6 Å². The minimum Gasteiger partial charge on any atom is -0.478 e. The molecule has 2 rings (SSSR count). The molecule has 1 aromatic heterocycles. The molecule has 0 unspecified atom stereocenters. The molecule has 7 nitrogen and oxygen atoms in total. The summed E-state index contributed by atoms with van der Waals surface area (Å²) < 4.78 is 53.3. The van der Waals surface area contributed by atoms with Crippen molar-refractivity contribution in [3.63, 3.8) is 0 Å². The number of aromatic carboxylic acids is 1. The number of carboxylic acids is 1. The van der Waals surface area contributed by atoms with Crippen molar-refractivity contribution in [1.29, 1.82) is 0 Å². The maximum atomic E-state index is 13.2. The minimum atomic E-state index is -4.19. The van der Waals surface area contributed by atoms with Gasteiger partial charge in [0, 0.05) is 13.1 Å². The number of hydrogen-bond acceptors (Lipinski definition) is 4. The van der Waals surface area contributed by atoms with E-state index in [2.05, 4.69) is 5.10 Å². The van der Waals surface area contributed by atoms with Crippen LogP contribution in [0.1, 0.15) is 10.4 Å². The molecule has 112 valence electrons. The van der Waals surface area contributed by atoms with Crippen molar-refractivity contribution in [1.82, 2.24) is 9.78 Å². The summed E-state index contributed by atoms with van der Waals surface area (Å²) in [7, 11) is -2.83. The number of carboxylic acid groups (broad SMARTS) is 1. The summed E-state index contributed by atoms with van der Waals surface area (Å²) in [4.78, 5) is 11.0. The number of aryl methyl sites for hydroxylation is 1. The van der Waals surface area contributed by atoms with E-state index in [1.807, 2.05) is 4.72 Å². The average molecular weight is 317 g/mol. The first-order chi connectivity index (χ1) is 9.72. The van der Waals surface area contributed by atoms with E-state index >= 15 is 0 Å². The van der Waals surface area contributed by atoms with Gasteiger partial charge in [0.25, 0.3) is 10.0 Å². The average Bonchev–Trinajstić information content (AvgIpc) is 2.80. The van der Waals surface area contributed by atoms with Crippen molar-refractivity contribution >= 4 is 21.7 Å². The van der Waals surface area contributed by atoms with Gasteiger partial charge in [-0.3, -0.25) is 9.40 Å². The third kappa shape index (κ3) is 2.84. The second kappa shape index (κ2) is 5.13. The third-order valence-corrected chi connectivity index (χ3v) is 4.03. The molecule has 0 saturated carbocycles. The van der Waals surface area contributed by atoms with Crippen molar-refractivity contribution in [2.24, 2.45) is 7.05 Å². The Kier molecular flexibility index (Phi) is 3.64. The van der Waals surface area contributed by atoms with Crippen LogP contribution in [0.15, 0.2) is 29.4 Å². The Bertz CT molecular complexity index is 817.